The van der Waals surface area contributed by atoms with Crippen molar-refractivity contribution in [3.63, 3.8) is 0 Å². The summed E-state index contributed by atoms with van der Waals surface area (Å²) in [5.74, 6) is -1.56. The molecule has 0 saturated carbocycles. The van der Waals surface area contributed by atoms with Crippen LogP contribution in [0, 0.1) is 6.92 Å². The largest absolute Gasteiger partial charge is 0.426 e. The number of anilines is 1. The minimum absolute atomic E-state index is 0.0891. The van der Waals surface area contributed by atoms with E-state index in [1.807, 2.05) is 5.32 Å². The van der Waals surface area contributed by atoms with Crippen LogP contribution >= 0.6 is 22.9 Å². The first kappa shape index (κ1) is 14.3. The molecule has 0 spiro atoms. The van der Waals surface area contributed by atoms with E-state index in [1.54, 1.807) is 12.3 Å². The van der Waals surface area contributed by atoms with Crippen molar-refractivity contribution in [1.82, 2.24) is 0 Å². The Morgan fingerprint density at radius 3 is 2.41 bits per heavy atom. The Bertz CT molecular complexity index is 422. The Morgan fingerprint density at radius 1 is 1.53 bits per heavy atom. The minimum atomic E-state index is -5.05. The van der Waals surface area contributed by atoms with Gasteiger partial charge in [-0.3, -0.25) is 4.79 Å². The molecule has 0 aliphatic carbocycles. The zero-order valence-corrected chi connectivity index (χ0v) is 10.4. The Balaban J connectivity index is 2.95. The fraction of sp³-hybridized carbons (Fsp3) is 0.444. The van der Waals surface area contributed by atoms with Gasteiger partial charge in [0.05, 0.1) is 5.69 Å². The lowest BCUT2D eigenvalue weighted by molar-refractivity contribution is -0.242. The average molecular weight is 288 g/mol. The molecule has 3 nitrogen and oxygen atoms in total. The predicted molar refractivity (Wildman–Crippen MR) is 59.4 cm³/mol. The van der Waals surface area contributed by atoms with Crippen LogP contribution in [-0.2, 0) is 4.79 Å². The van der Waals surface area contributed by atoms with Crippen LogP contribution < -0.4 is 5.32 Å². The van der Waals surface area contributed by atoms with Crippen LogP contribution in [0.4, 0.5) is 18.9 Å². The molecule has 8 heteroatoms. The highest BCUT2D eigenvalue weighted by Crippen LogP contribution is 2.35. The smallest absolute Gasteiger partial charge is 0.373 e. The number of halogens is 4. The number of rotatable bonds is 2. The summed E-state index contributed by atoms with van der Waals surface area (Å²) in [7, 11) is 0. The number of amides is 1. The summed E-state index contributed by atoms with van der Waals surface area (Å²) in [6.45, 7) is 1.97. The van der Waals surface area contributed by atoms with Crippen LogP contribution in [0.3, 0.4) is 0 Å². The van der Waals surface area contributed by atoms with Gasteiger partial charge in [-0.15, -0.1) is 11.3 Å². The maximum Gasteiger partial charge on any atom is 0.426 e. The maximum absolute atomic E-state index is 12.4. The van der Waals surface area contributed by atoms with Crippen molar-refractivity contribution in [2.45, 2.75) is 25.6 Å². The van der Waals surface area contributed by atoms with E-state index in [-0.39, 0.29) is 10.0 Å². The molecule has 1 rings (SSSR count). The molecule has 17 heavy (non-hydrogen) atoms. The zero-order valence-electron chi connectivity index (χ0n) is 8.85. The van der Waals surface area contributed by atoms with Crippen molar-refractivity contribution in [3.05, 3.63) is 15.3 Å². The number of nitrogens with one attached hydrogen (secondary N) is 1. The normalized spacial score (nSPS) is 15.5. The van der Waals surface area contributed by atoms with Gasteiger partial charge in [0.1, 0.15) is 4.34 Å². The fourth-order valence-corrected chi connectivity index (χ4v) is 1.98. The number of aryl methyl sites for hydroxylation is 1. The summed E-state index contributed by atoms with van der Waals surface area (Å²) >= 11 is 6.77. The number of hydrogen-bond acceptors (Lipinski definition) is 3. The first-order valence-corrected chi connectivity index (χ1v) is 5.67. The van der Waals surface area contributed by atoms with Crippen molar-refractivity contribution in [3.8, 4) is 0 Å². The van der Waals surface area contributed by atoms with Gasteiger partial charge in [0.15, 0.2) is 0 Å². The third-order valence-corrected chi connectivity index (χ3v) is 3.50. The molecular formula is C9H9ClF3NO2S. The van der Waals surface area contributed by atoms with E-state index in [0.717, 1.165) is 11.3 Å². The van der Waals surface area contributed by atoms with Crippen LogP contribution in [0.25, 0.3) is 0 Å². The van der Waals surface area contributed by atoms with Crippen molar-refractivity contribution in [2.75, 3.05) is 5.32 Å². The number of carbonyl (C=O) groups is 1. The van der Waals surface area contributed by atoms with Gasteiger partial charge in [-0.1, -0.05) is 11.6 Å². The van der Waals surface area contributed by atoms with E-state index in [1.165, 1.54) is 0 Å². The molecule has 1 amide bonds. The molecule has 0 unspecified atom stereocenters. The van der Waals surface area contributed by atoms with Gasteiger partial charge in [0, 0.05) is 0 Å². The molecule has 2 N–H and O–H groups in total. The summed E-state index contributed by atoms with van der Waals surface area (Å²) in [5.41, 5.74) is -2.83. The van der Waals surface area contributed by atoms with Crippen LogP contribution in [0.15, 0.2) is 5.38 Å². The topological polar surface area (TPSA) is 49.3 Å². The number of carbonyl (C=O) groups excluding carboxylic acids is 1. The lowest BCUT2D eigenvalue weighted by Crippen LogP contribution is -2.52. The summed E-state index contributed by atoms with van der Waals surface area (Å²) in [5, 5.41) is 12.7. The Hall–Kier alpha value is -0.790. The first-order chi connectivity index (χ1) is 7.57. The molecule has 1 atom stereocenters. The monoisotopic (exact) mass is 287 g/mol. The lowest BCUT2D eigenvalue weighted by atomic mass is 10.1. The van der Waals surface area contributed by atoms with Gasteiger partial charge < -0.3 is 10.4 Å². The van der Waals surface area contributed by atoms with E-state index in [0.29, 0.717) is 12.5 Å². The number of alkyl halides is 3. The molecule has 0 aromatic carbocycles. The molecule has 1 aromatic heterocycles. The van der Waals surface area contributed by atoms with E-state index in [4.69, 9.17) is 16.7 Å². The summed E-state index contributed by atoms with van der Waals surface area (Å²) in [6, 6.07) is 0. The number of hydrogen-bond donors (Lipinski definition) is 2. The third kappa shape index (κ3) is 2.72. The standard InChI is InChI=1S/C9H9ClF3NO2S/c1-4-3-17-6(10)5(4)14-7(15)8(2,16)9(11,12)13/h3,16H,1-2H3,(H,14,15)/t8-/m1/s1. The first-order valence-electron chi connectivity index (χ1n) is 4.41. The second-order valence-corrected chi connectivity index (χ2v) is 5.07. The average Bonchev–Trinajstić information content (AvgIpc) is 2.47. The Morgan fingerprint density at radius 2 is 2.06 bits per heavy atom. The molecule has 1 heterocycles. The summed E-state index contributed by atoms with van der Waals surface area (Å²) in [4.78, 5) is 11.3. The highest BCUT2D eigenvalue weighted by Gasteiger charge is 2.55. The molecule has 0 radical (unpaired) electrons. The zero-order chi connectivity index (χ0) is 13.4. The number of thiophene rings is 1. The Kier molecular flexibility index (Phi) is 3.75. The number of aliphatic hydroxyl groups is 1. The summed E-state index contributed by atoms with van der Waals surface area (Å²) in [6.07, 6.45) is -5.05. The summed E-state index contributed by atoms with van der Waals surface area (Å²) < 4.78 is 37.3. The fourth-order valence-electron chi connectivity index (χ4n) is 0.925. The van der Waals surface area contributed by atoms with E-state index < -0.39 is 17.7 Å². The second-order valence-electron chi connectivity index (χ2n) is 3.59. The molecular weight excluding hydrogens is 279 g/mol. The maximum atomic E-state index is 12.4. The van der Waals surface area contributed by atoms with Crippen LogP contribution in [0.1, 0.15) is 12.5 Å². The van der Waals surface area contributed by atoms with Gasteiger partial charge in [-0.2, -0.15) is 13.2 Å². The van der Waals surface area contributed by atoms with E-state index in [2.05, 4.69) is 0 Å². The van der Waals surface area contributed by atoms with E-state index >= 15 is 0 Å². The van der Waals surface area contributed by atoms with Crippen LogP contribution in [0.5, 0.6) is 0 Å². The molecule has 0 aliphatic heterocycles. The SMILES string of the molecule is Cc1csc(Cl)c1NC(=O)[C@@](C)(O)C(F)(F)F. The highest BCUT2D eigenvalue weighted by molar-refractivity contribution is 7.15. The third-order valence-electron chi connectivity index (χ3n) is 2.16. The minimum Gasteiger partial charge on any atom is -0.373 e. The molecule has 0 bridgehead atoms. The second kappa shape index (κ2) is 4.47. The van der Waals surface area contributed by atoms with Gasteiger partial charge in [-0.25, -0.2) is 0 Å². The van der Waals surface area contributed by atoms with Crippen molar-refractivity contribution in [1.29, 1.82) is 0 Å². The van der Waals surface area contributed by atoms with Gasteiger partial charge >= 0.3 is 6.18 Å². The van der Waals surface area contributed by atoms with Gasteiger partial charge in [0.2, 0.25) is 5.60 Å². The lowest BCUT2D eigenvalue weighted by Gasteiger charge is -2.24. The van der Waals surface area contributed by atoms with E-state index in [9.17, 15) is 18.0 Å². The van der Waals surface area contributed by atoms with Gasteiger partial charge in [0.25, 0.3) is 5.91 Å². The van der Waals surface area contributed by atoms with Crippen LogP contribution in [0.2, 0.25) is 4.34 Å². The Labute approximate surface area is 104 Å². The molecule has 0 fully saturated rings. The van der Waals surface area contributed by atoms with Crippen molar-refractivity contribution < 1.29 is 23.1 Å². The van der Waals surface area contributed by atoms with Crippen LogP contribution in [-0.4, -0.2) is 22.8 Å². The molecule has 0 saturated heterocycles. The molecule has 96 valence electrons. The highest BCUT2D eigenvalue weighted by atomic mass is 35.5. The predicted octanol–water partition coefficient (Wildman–Crippen LogP) is 2.96. The molecule has 0 aliphatic rings. The quantitative estimate of drug-likeness (QED) is 0.878. The molecule has 1 aromatic rings. The van der Waals surface area contributed by atoms with Gasteiger partial charge in [-0.05, 0) is 24.8 Å². The van der Waals surface area contributed by atoms with Crippen molar-refractivity contribution >= 4 is 34.5 Å². The van der Waals surface area contributed by atoms with Crippen molar-refractivity contribution in [2.24, 2.45) is 0 Å².